The minimum absolute atomic E-state index is 0.0180. The first-order valence-electron chi connectivity index (χ1n) is 7.21. The number of methoxy groups -OCH3 is 1. The number of carbonyl (C=O) groups is 1. The lowest BCUT2D eigenvalue weighted by Crippen LogP contribution is -2.38. The molecule has 2 aliphatic rings. The fourth-order valence-electron chi connectivity index (χ4n) is 3.62. The van der Waals surface area contributed by atoms with Gasteiger partial charge in [-0.25, -0.2) is 0 Å². The zero-order chi connectivity index (χ0) is 14.2. The Kier molecular flexibility index (Phi) is 3.32. The number of ether oxygens (including phenoxy) is 2. The van der Waals surface area contributed by atoms with Crippen LogP contribution in [0.15, 0.2) is 18.2 Å². The molecule has 1 aromatic carbocycles. The van der Waals surface area contributed by atoms with Crippen LogP contribution >= 0.6 is 0 Å². The molecule has 1 aliphatic carbocycles. The molecule has 108 valence electrons. The number of benzene rings is 1. The molecule has 1 aromatic rings. The average Bonchev–Trinajstić information content (AvgIpc) is 2.85. The lowest BCUT2D eigenvalue weighted by molar-refractivity contribution is -0.137. The van der Waals surface area contributed by atoms with Crippen molar-refractivity contribution in [2.45, 2.75) is 50.0 Å². The van der Waals surface area contributed by atoms with Gasteiger partial charge in [-0.2, -0.15) is 0 Å². The van der Waals surface area contributed by atoms with Crippen LogP contribution in [0.1, 0.15) is 50.0 Å². The number of carboxylic acids is 1. The smallest absolute Gasteiger partial charge is 0.303 e. The molecule has 0 saturated heterocycles. The first kappa shape index (κ1) is 13.3. The summed E-state index contributed by atoms with van der Waals surface area (Å²) in [5, 5.41) is 9.18. The van der Waals surface area contributed by atoms with E-state index in [1.807, 2.05) is 18.2 Å². The van der Waals surface area contributed by atoms with Gasteiger partial charge in [-0.05, 0) is 50.3 Å². The van der Waals surface area contributed by atoms with Crippen LogP contribution in [0.2, 0.25) is 0 Å². The number of aliphatic carboxylic acids is 1. The molecule has 1 aliphatic heterocycles. The normalized spacial score (nSPS) is 23.1. The zero-order valence-corrected chi connectivity index (χ0v) is 11.7. The van der Waals surface area contributed by atoms with Crippen molar-refractivity contribution in [3.63, 3.8) is 0 Å². The molecule has 0 aromatic heterocycles. The van der Waals surface area contributed by atoms with Gasteiger partial charge in [0.25, 0.3) is 0 Å². The molecule has 1 atom stereocenters. The third-order valence-corrected chi connectivity index (χ3v) is 4.54. The minimum Gasteiger partial charge on any atom is -0.497 e. The van der Waals surface area contributed by atoms with E-state index in [-0.39, 0.29) is 17.9 Å². The maximum absolute atomic E-state index is 11.2. The Bertz CT molecular complexity index is 517. The lowest BCUT2D eigenvalue weighted by atomic mass is 9.80. The van der Waals surface area contributed by atoms with Gasteiger partial charge in [-0.3, -0.25) is 4.79 Å². The Balaban J connectivity index is 1.97. The van der Waals surface area contributed by atoms with Gasteiger partial charge in [0.2, 0.25) is 0 Å². The van der Waals surface area contributed by atoms with Crippen molar-refractivity contribution in [2.75, 3.05) is 7.11 Å². The van der Waals surface area contributed by atoms with Crippen LogP contribution in [0.4, 0.5) is 0 Å². The van der Waals surface area contributed by atoms with Gasteiger partial charge >= 0.3 is 5.97 Å². The molecule has 1 fully saturated rings. The van der Waals surface area contributed by atoms with E-state index in [0.29, 0.717) is 0 Å². The summed E-state index contributed by atoms with van der Waals surface area (Å²) >= 11 is 0. The maximum Gasteiger partial charge on any atom is 0.303 e. The van der Waals surface area contributed by atoms with Gasteiger partial charge in [0.05, 0.1) is 13.5 Å². The quantitative estimate of drug-likeness (QED) is 0.919. The van der Waals surface area contributed by atoms with Gasteiger partial charge in [0, 0.05) is 11.5 Å². The Labute approximate surface area is 118 Å². The number of fused-ring (bicyclic) bond motifs is 1. The van der Waals surface area contributed by atoms with Gasteiger partial charge < -0.3 is 14.6 Å². The van der Waals surface area contributed by atoms with Crippen molar-refractivity contribution >= 4 is 5.97 Å². The molecule has 20 heavy (non-hydrogen) atoms. The summed E-state index contributed by atoms with van der Waals surface area (Å²) in [5.41, 5.74) is 0.839. The van der Waals surface area contributed by atoms with Gasteiger partial charge in [0.15, 0.2) is 0 Å². The van der Waals surface area contributed by atoms with E-state index >= 15 is 0 Å². The fourth-order valence-corrected chi connectivity index (χ4v) is 3.62. The highest BCUT2D eigenvalue weighted by atomic mass is 16.5. The predicted octanol–water partition coefficient (Wildman–Crippen LogP) is 3.35. The summed E-state index contributed by atoms with van der Waals surface area (Å²) in [6.07, 6.45) is 5.38. The van der Waals surface area contributed by atoms with Crippen molar-refractivity contribution in [1.82, 2.24) is 0 Å². The van der Waals surface area contributed by atoms with Gasteiger partial charge in [0.1, 0.15) is 17.1 Å². The van der Waals surface area contributed by atoms with Crippen molar-refractivity contribution in [1.29, 1.82) is 0 Å². The number of hydrogen-bond donors (Lipinski definition) is 1. The van der Waals surface area contributed by atoms with Crippen LogP contribution in [0, 0.1) is 0 Å². The van der Waals surface area contributed by atoms with Crippen molar-refractivity contribution in [3.05, 3.63) is 23.8 Å². The maximum atomic E-state index is 11.2. The first-order chi connectivity index (χ1) is 9.62. The summed E-state index contributed by atoms with van der Waals surface area (Å²) in [6, 6.07) is 5.72. The Morgan fingerprint density at radius 3 is 2.85 bits per heavy atom. The van der Waals surface area contributed by atoms with Crippen LogP contribution in [0.25, 0.3) is 0 Å². The highest BCUT2D eigenvalue weighted by Gasteiger charge is 2.43. The van der Waals surface area contributed by atoms with E-state index in [9.17, 15) is 9.90 Å². The van der Waals surface area contributed by atoms with E-state index in [1.165, 1.54) is 12.8 Å². The highest BCUT2D eigenvalue weighted by Crippen LogP contribution is 2.49. The van der Waals surface area contributed by atoms with E-state index in [2.05, 4.69) is 0 Å². The van der Waals surface area contributed by atoms with Crippen LogP contribution in [0.3, 0.4) is 0 Å². The van der Waals surface area contributed by atoms with Crippen molar-refractivity contribution in [2.24, 2.45) is 0 Å². The second-order valence-electron chi connectivity index (χ2n) is 5.89. The summed E-state index contributed by atoms with van der Waals surface area (Å²) in [7, 11) is 1.62. The highest BCUT2D eigenvalue weighted by molar-refractivity contribution is 5.68. The second kappa shape index (κ2) is 5.00. The molecule has 4 heteroatoms. The van der Waals surface area contributed by atoms with E-state index in [1.54, 1.807) is 7.11 Å². The van der Waals surface area contributed by atoms with Crippen LogP contribution in [-0.4, -0.2) is 23.8 Å². The molecule has 0 amide bonds. The molecular formula is C16H20O4. The molecule has 3 rings (SSSR count). The largest absolute Gasteiger partial charge is 0.497 e. The third kappa shape index (κ3) is 2.35. The first-order valence-corrected chi connectivity index (χ1v) is 7.21. The molecule has 1 unspecified atom stereocenters. The Hall–Kier alpha value is -1.71. The SMILES string of the molecule is COc1ccc2c(c1)C(CC(=O)O)CC1(CCCC1)O2. The summed E-state index contributed by atoms with van der Waals surface area (Å²) in [6.45, 7) is 0. The molecule has 1 saturated carbocycles. The number of hydrogen-bond acceptors (Lipinski definition) is 3. The van der Waals surface area contributed by atoms with E-state index in [0.717, 1.165) is 36.3 Å². The molecule has 1 spiro atoms. The van der Waals surface area contributed by atoms with Crippen molar-refractivity contribution in [3.8, 4) is 11.5 Å². The Morgan fingerprint density at radius 2 is 2.20 bits per heavy atom. The molecule has 0 bridgehead atoms. The van der Waals surface area contributed by atoms with Gasteiger partial charge in [-0.1, -0.05) is 0 Å². The molecule has 4 nitrogen and oxygen atoms in total. The Morgan fingerprint density at radius 1 is 1.45 bits per heavy atom. The summed E-state index contributed by atoms with van der Waals surface area (Å²) in [4.78, 5) is 11.2. The fraction of sp³-hybridized carbons (Fsp3) is 0.562. The molecular weight excluding hydrogens is 256 g/mol. The predicted molar refractivity (Wildman–Crippen MR) is 74.4 cm³/mol. The van der Waals surface area contributed by atoms with Crippen LogP contribution in [0.5, 0.6) is 11.5 Å². The molecule has 1 heterocycles. The van der Waals surface area contributed by atoms with Crippen LogP contribution in [-0.2, 0) is 4.79 Å². The second-order valence-corrected chi connectivity index (χ2v) is 5.89. The summed E-state index contributed by atoms with van der Waals surface area (Å²) < 4.78 is 11.5. The van der Waals surface area contributed by atoms with Crippen LogP contribution < -0.4 is 9.47 Å². The van der Waals surface area contributed by atoms with Crippen molar-refractivity contribution < 1.29 is 19.4 Å². The third-order valence-electron chi connectivity index (χ3n) is 4.54. The monoisotopic (exact) mass is 276 g/mol. The molecule has 1 N–H and O–H groups in total. The number of carboxylic acid groups (broad SMARTS) is 1. The van der Waals surface area contributed by atoms with E-state index < -0.39 is 5.97 Å². The minimum atomic E-state index is -0.751. The van der Waals surface area contributed by atoms with Gasteiger partial charge in [-0.15, -0.1) is 0 Å². The summed E-state index contributed by atoms with van der Waals surface area (Å²) in [5.74, 6) is 0.860. The van der Waals surface area contributed by atoms with E-state index in [4.69, 9.17) is 9.47 Å². The number of rotatable bonds is 3. The lowest BCUT2D eigenvalue weighted by Gasteiger charge is -2.39. The molecule has 0 radical (unpaired) electrons. The topological polar surface area (TPSA) is 55.8 Å². The standard InChI is InChI=1S/C16H20O4/c1-19-12-4-5-14-13(9-12)11(8-15(17)18)10-16(20-14)6-2-3-7-16/h4-5,9,11H,2-3,6-8,10H2,1H3,(H,17,18). The average molecular weight is 276 g/mol. The zero-order valence-electron chi connectivity index (χ0n) is 11.7.